The van der Waals surface area contributed by atoms with Crippen LogP contribution in [0.25, 0.3) is 16.2 Å². The summed E-state index contributed by atoms with van der Waals surface area (Å²) in [6, 6.07) is 10.2. The van der Waals surface area contributed by atoms with Gasteiger partial charge < -0.3 is 15.0 Å². The lowest BCUT2D eigenvalue weighted by molar-refractivity contribution is -0.137. The number of hydrogen-bond acceptors (Lipinski definition) is 5. The number of hydrogen-bond donors (Lipinski definition) is 1. The highest BCUT2D eigenvalue weighted by atomic mass is 32.1. The van der Waals surface area contributed by atoms with Gasteiger partial charge in [-0.2, -0.15) is 13.2 Å². The van der Waals surface area contributed by atoms with Crippen LogP contribution in [0.2, 0.25) is 0 Å². The highest BCUT2D eigenvalue weighted by Gasteiger charge is 2.30. The molecule has 0 aliphatic carbocycles. The Labute approximate surface area is 226 Å². The van der Waals surface area contributed by atoms with Gasteiger partial charge in [-0.05, 0) is 48.5 Å². The summed E-state index contributed by atoms with van der Waals surface area (Å²) in [5.41, 5.74) is 2.02. The maximum absolute atomic E-state index is 13.3. The number of imidazole rings is 1. The molecular formula is C27H27F4N5O2S. The predicted octanol–water partition coefficient (Wildman–Crippen LogP) is 5.63. The third kappa shape index (κ3) is 6.75. The number of nitrogens with zero attached hydrogens (tertiary/aromatic N) is 4. The van der Waals surface area contributed by atoms with E-state index in [1.165, 1.54) is 35.6 Å². The summed E-state index contributed by atoms with van der Waals surface area (Å²) >= 11 is 1.48. The lowest BCUT2D eigenvalue weighted by Gasteiger charge is -2.30. The number of amides is 2. The first-order chi connectivity index (χ1) is 18.8. The van der Waals surface area contributed by atoms with E-state index in [0.717, 1.165) is 47.1 Å². The molecule has 5 rings (SSSR count). The molecule has 0 bridgehead atoms. The second-order valence-corrected chi connectivity index (χ2v) is 10.0. The van der Waals surface area contributed by atoms with Gasteiger partial charge in [0.2, 0.25) is 0 Å². The van der Waals surface area contributed by atoms with Crippen molar-refractivity contribution < 1.29 is 27.1 Å². The normalized spacial score (nSPS) is 14.6. The van der Waals surface area contributed by atoms with Crippen molar-refractivity contribution >= 4 is 28.0 Å². The van der Waals surface area contributed by atoms with Crippen LogP contribution < -0.4 is 5.32 Å². The molecule has 0 spiro atoms. The summed E-state index contributed by atoms with van der Waals surface area (Å²) in [4.78, 5) is 22.5. The number of halogens is 4. The largest absolute Gasteiger partial charge is 0.416 e. The van der Waals surface area contributed by atoms with Crippen LogP contribution in [0.4, 0.5) is 28.0 Å². The summed E-state index contributed by atoms with van der Waals surface area (Å²) in [5, 5.41) is 4.73. The fourth-order valence-electron chi connectivity index (χ4n) is 4.37. The molecule has 206 valence electrons. The predicted molar refractivity (Wildman–Crippen MR) is 141 cm³/mol. The molecule has 1 saturated heterocycles. The number of alkyl halides is 3. The average Bonchev–Trinajstić information content (AvgIpc) is 3.51. The van der Waals surface area contributed by atoms with Gasteiger partial charge in [0.05, 0.1) is 24.5 Å². The van der Waals surface area contributed by atoms with Crippen LogP contribution in [-0.2, 0) is 17.3 Å². The van der Waals surface area contributed by atoms with Crippen LogP contribution in [-0.4, -0.2) is 71.2 Å². The Balaban J connectivity index is 1.28. The highest BCUT2D eigenvalue weighted by Crippen LogP contribution is 2.30. The maximum Gasteiger partial charge on any atom is 0.416 e. The van der Waals surface area contributed by atoms with E-state index in [0.29, 0.717) is 45.0 Å². The van der Waals surface area contributed by atoms with Crippen molar-refractivity contribution in [3.63, 3.8) is 0 Å². The first-order valence-electron chi connectivity index (χ1n) is 12.5. The number of urea groups is 1. The molecule has 2 aromatic carbocycles. The molecule has 3 heterocycles. The molecule has 0 saturated carbocycles. The summed E-state index contributed by atoms with van der Waals surface area (Å²) in [6.45, 7) is 4.34. The molecule has 12 heteroatoms. The highest BCUT2D eigenvalue weighted by molar-refractivity contribution is 7.15. The smallest absolute Gasteiger partial charge is 0.379 e. The van der Waals surface area contributed by atoms with Gasteiger partial charge in [0.15, 0.2) is 4.96 Å². The maximum atomic E-state index is 13.3. The topological polar surface area (TPSA) is 62.1 Å². The van der Waals surface area contributed by atoms with E-state index >= 15 is 0 Å². The minimum absolute atomic E-state index is 0.292. The zero-order valence-electron chi connectivity index (χ0n) is 21.0. The fourth-order valence-corrected chi connectivity index (χ4v) is 5.27. The Morgan fingerprint density at radius 3 is 2.46 bits per heavy atom. The zero-order valence-corrected chi connectivity index (χ0v) is 21.8. The second kappa shape index (κ2) is 11.7. The number of carbonyl (C=O) groups is 1. The molecule has 39 heavy (non-hydrogen) atoms. The van der Waals surface area contributed by atoms with Crippen LogP contribution in [0.1, 0.15) is 11.3 Å². The quantitative estimate of drug-likeness (QED) is 0.284. The van der Waals surface area contributed by atoms with Crippen LogP contribution in [0.15, 0.2) is 60.1 Å². The number of benzene rings is 2. The molecule has 2 aromatic heterocycles. The summed E-state index contributed by atoms with van der Waals surface area (Å²) in [5.74, 6) is -0.313. The standard InChI is InChI=1S/C27H27F4N5O2S/c28-21-5-1-19(2-6-21)24-17-36-23(18-39-26(36)33-24)9-10-35(12-11-34-13-15-38-16-14-34)25(37)32-22-7-3-20(4-8-22)27(29,30)31/h1-8,17-18H,9-16H2,(H,32,37). The second-order valence-electron chi connectivity index (χ2n) is 9.21. The van der Waals surface area contributed by atoms with E-state index in [-0.39, 0.29) is 11.8 Å². The van der Waals surface area contributed by atoms with Crippen molar-refractivity contribution in [3.8, 4) is 11.3 Å². The number of ether oxygens (including phenoxy) is 1. The van der Waals surface area contributed by atoms with Gasteiger partial charge in [-0.3, -0.25) is 9.30 Å². The van der Waals surface area contributed by atoms with Crippen molar-refractivity contribution in [3.05, 3.63) is 77.2 Å². The number of anilines is 1. The third-order valence-electron chi connectivity index (χ3n) is 6.60. The number of nitrogens with one attached hydrogen (secondary N) is 1. The van der Waals surface area contributed by atoms with Gasteiger partial charge >= 0.3 is 12.2 Å². The van der Waals surface area contributed by atoms with Crippen LogP contribution in [0.3, 0.4) is 0 Å². The van der Waals surface area contributed by atoms with E-state index in [4.69, 9.17) is 4.74 Å². The number of fused-ring (bicyclic) bond motifs is 1. The molecule has 4 aromatic rings. The minimum atomic E-state index is -4.44. The lowest BCUT2D eigenvalue weighted by Crippen LogP contribution is -2.45. The summed E-state index contributed by atoms with van der Waals surface area (Å²) < 4.78 is 59.4. The number of morpholine rings is 1. The van der Waals surface area contributed by atoms with Gasteiger partial charge in [-0.25, -0.2) is 14.2 Å². The monoisotopic (exact) mass is 561 g/mol. The Bertz CT molecular complexity index is 1400. The first kappa shape index (κ1) is 27.1. The van der Waals surface area contributed by atoms with Crippen molar-refractivity contribution in [1.29, 1.82) is 0 Å². The molecule has 7 nitrogen and oxygen atoms in total. The molecule has 2 amide bonds. The van der Waals surface area contributed by atoms with Crippen molar-refractivity contribution in [2.24, 2.45) is 0 Å². The molecule has 1 aliphatic heterocycles. The van der Waals surface area contributed by atoms with E-state index in [1.54, 1.807) is 17.0 Å². The molecule has 0 radical (unpaired) electrons. The summed E-state index contributed by atoms with van der Waals surface area (Å²) in [6.07, 6.45) is -2.00. The number of rotatable bonds is 8. The van der Waals surface area contributed by atoms with Crippen molar-refractivity contribution in [2.45, 2.75) is 12.6 Å². The zero-order chi connectivity index (χ0) is 27.4. The molecule has 1 aliphatic rings. The third-order valence-corrected chi connectivity index (χ3v) is 7.49. The van der Waals surface area contributed by atoms with Gasteiger partial charge in [0.1, 0.15) is 5.82 Å². The van der Waals surface area contributed by atoms with Crippen molar-refractivity contribution in [2.75, 3.05) is 51.3 Å². The number of aromatic nitrogens is 2. The molecular weight excluding hydrogens is 534 g/mol. The fraction of sp³-hybridized carbons (Fsp3) is 0.333. The van der Waals surface area contributed by atoms with Crippen molar-refractivity contribution in [1.82, 2.24) is 19.2 Å². The molecule has 0 unspecified atom stereocenters. The number of carbonyl (C=O) groups excluding carboxylic acids is 1. The first-order valence-corrected chi connectivity index (χ1v) is 13.4. The minimum Gasteiger partial charge on any atom is -0.379 e. The molecule has 0 atom stereocenters. The van der Waals surface area contributed by atoms with E-state index in [9.17, 15) is 22.4 Å². The Morgan fingerprint density at radius 1 is 1.05 bits per heavy atom. The van der Waals surface area contributed by atoms with Crippen LogP contribution >= 0.6 is 11.3 Å². The van der Waals surface area contributed by atoms with Crippen LogP contribution in [0.5, 0.6) is 0 Å². The molecule has 1 fully saturated rings. The number of thiazole rings is 1. The summed E-state index contributed by atoms with van der Waals surface area (Å²) in [7, 11) is 0. The Morgan fingerprint density at radius 2 is 1.77 bits per heavy atom. The van der Waals surface area contributed by atoms with E-state index in [1.807, 2.05) is 16.0 Å². The van der Waals surface area contributed by atoms with E-state index < -0.39 is 11.7 Å². The Kier molecular flexibility index (Phi) is 8.15. The average molecular weight is 562 g/mol. The van der Waals surface area contributed by atoms with Gasteiger partial charge in [-0.15, -0.1) is 11.3 Å². The Hall–Kier alpha value is -3.48. The van der Waals surface area contributed by atoms with Gasteiger partial charge in [0.25, 0.3) is 0 Å². The SMILES string of the molecule is O=C(Nc1ccc(C(F)(F)F)cc1)N(CCc1csc2nc(-c3ccc(F)cc3)cn12)CCN1CCOCC1. The van der Waals surface area contributed by atoms with Gasteiger partial charge in [-0.1, -0.05) is 0 Å². The molecule has 1 N–H and O–H groups in total. The van der Waals surface area contributed by atoms with Crippen LogP contribution in [0, 0.1) is 5.82 Å². The van der Waals surface area contributed by atoms with E-state index in [2.05, 4.69) is 15.2 Å². The van der Waals surface area contributed by atoms with Gasteiger partial charge in [0, 0.05) is 67.7 Å². The lowest BCUT2D eigenvalue weighted by atomic mass is 10.2.